The molecule has 2 aromatic carbocycles. The van der Waals surface area contributed by atoms with E-state index in [1.807, 2.05) is 18.2 Å². The maximum Gasteiger partial charge on any atom is 0.192 e. The molecule has 0 saturated carbocycles. The molecule has 1 aliphatic rings. The first-order valence-electron chi connectivity index (χ1n) is 9.13. The predicted octanol–water partition coefficient (Wildman–Crippen LogP) is 3.99. The maximum absolute atomic E-state index is 14.2. The lowest BCUT2D eigenvalue weighted by Crippen LogP contribution is -2.23. The summed E-state index contributed by atoms with van der Waals surface area (Å²) in [6.07, 6.45) is 2.53. The van der Waals surface area contributed by atoms with E-state index in [1.165, 1.54) is 17.7 Å². The Morgan fingerprint density at radius 3 is 2.81 bits per heavy atom. The molecule has 1 aliphatic heterocycles. The van der Waals surface area contributed by atoms with Gasteiger partial charge in [-0.2, -0.15) is 0 Å². The van der Waals surface area contributed by atoms with Crippen LogP contribution in [0.1, 0.15) is 34.7 Å². The molecule has 138 valence electrons. The Morgan fingerprint density at radius 2 is 2.00 bits per heavy atom. The highest BCUT2D eigenvalue weighted by molar-refractivity contribution is 5.99. The Kier molecular flexibility index (Phi) is 4.86. The van der Waals surface area contributed by atoms with Crippen molar-refractivity contribution >= 4 is 16.8 Å². The number of fused-ring (bicyclic) bond motifs is 1. The number of hydrogen-bond acceptors (Lipinski definition) is 4. The highest BCUT2D eigenvalue weighted by Crippen LogP contribution is 2.27. The Morgan fingerprint density at radius 1 is 1.19 bits per heavy atom. The van der Waals surface area contributed by atoms with Gasteiger partial charge >= 0.3 is 0 Å². The van der Waals surface area contributed by atoms with E-state index in [4.69, 9.17) is 4.42 Å². The average molecular weight is 365 g/mol. The molecule has 0 N–H and O–H groups in total. The van der Waals surface area contributed by atoms with Gasteiger partial charge < -0.3 is 9.32 Å². The number of rotatable bonds is 5. The number of benzene rings is 2. The molecule has 1 unspecified atom stereocenters. The number of likely N-dealkylation sites (tertiary alicyclic amines) is 1. The Bertz CT molecular complexity index is 1030. The highest BCUT2D eigenvalue weighted by Gasteiger charge is 2.24. The van der Waals surface area contributed by atoms with Crippen molar-refractivity contribution in [2.75, 3.05) is 19.6 Å². The third-order valence-electron chi connectivity index (χ3n) is 5.23. The number of Topliss-reactive ketones (excluding diaryl/α,β-unsaturated/α-hetero) is 1. The van der Waals surface area contributed by atoms with Crippen molar-refractivity contribution < 1.29 is 13.6 Å². The molecule has 0 bridgehead atoms. The second-order valence-corrected chi connectivity index (χ2v) is 6.99. The minimum atomic E-state index is -0.682. The molecule has 4 nitrogen and oxygen atoms in total. The van der Waals surface area contributed by atoms with E-state index < -0.39 is 5.82 Å². The summed E-state index contributed by atoms with van der Waals surface area (Å²) in [7, 11) is 0. The fourth-order valence-corrected chi connectivity index (χ4v) is 3.75. The molecule has 2 heterocycles. The van der Waals surface area contributed by atoms with Gasteiger partial charge in [0.15, 0.2) is 22.6 Å². The van der Waals surface area contributed by atoms with Gasteiger partial charge in [0.1, 0.15) is 0 Å². The zero-order valence-corrected chi connectivity index (χ0v) is 14.9. The monoisotopic (exact) mass is 365 g/mol. The first-order valence-corrected chi connectivity index (χ1v) is 9.13. The third-order valence-corrected chi connectivity index (χ3v) is 5.23. The van der Waals surface area contributed by atoms with Crippen LogP contribution >= 0.6 is 0 Å². The van der Waals surface area contributed by atoms with E-state index in [9.17, 15) is 14.0 Å². The molecule has 1 aromatic heterocycles. The normalized spacial score (nSPS) is 17.4. The van der Waals surface area contributed by atoms with E-state index in [1.54, 1.807) is 0 Å². The van der Waals surface area contributed by atoms with Gasteiger partial charge in [0.05, 0.1) is 11.6 Å². The summed E-state index contributed by atoms with van der Waals surface area (Å²) in [5.74, 6) is -0.356. The largest absolute Gasteiger partial charge is 0.461 e. The number of carbonyl (C=O) groups is 1. The number of halogens is 1. The van der Waals surface area contributed by atoms with Crippen molar-refractivity contribution in [1.82, 2.24) is 4.90 Å². The molecule has 1 saturated heterocycles. The molecule has 4 rings (SSSR count). The van der Waals surface area contributed by atoms with E-state index >= 15 is 0 Å². The van der Waals surface area contributed by atoms with E-state index in [-0.39, 0.29) is 27.7 Å². The smallest absolute Gasteiger partial charge is 0.192 e. The molecule has 0 spiro atoms. The minimum absolute atomic E-state index is 0.103. The van der Waals surface area contributed by atoms with Crippen molar-refractivity contribution in [3.05, 3.63) is 82.0 Å². The topological polar surface area (TPSA) is 50.5 Å². The van der Waals surface area contributed by atoms with Crippen LogP contribution in [0.25, 0.3) is 11.0 Å². The van der Waals surface area contributed by atoms with Crippen LogP contribution in [-0.4, -0.2) is 30.3 Å². The van der Waals surface area contributed by atoms with Crippen molar-refractivity contribution in [1.29, 1.82) is 0 Å². The standard InChI is InChI=1S/C22H20FNO3/c23-19-13-17(12-18-21(26)8-11-27-22(18)19)20(25)7-10-24-9-6-16(14-24)15-4-2-1-3-5-15/h1-5,8,11-13,16H,6-7,9-10,14H2. The van der Waals surface area contributed by atoms with Crippen LogP contribution < -0.4 is 5.43 Å². The predicted molar refractivity (Wildman–Crippen MR) is 102 cm³/mol. The maximum atomic E-state index is 14.2. The summed E-state index contributed by atoms with van der Waals surface area (Å²) in [6, 6.07) is 14.2. The van der Waals surface area contributed by atoms with Gasteiger partial charge in [-0.15, -0.1) is 0 Å². The Balaban J connectivity index is 1.42. The van der Waals surface area contributed by atoms with Gasteiger partial charge in [0.2, 0.25) is 0 Å². The van der Waals surface area contributed by atoms with Crippen molar-refractivity contribution in [3.8, 4) is 0 Å². The lowest BCUT2D eigenvalue weighted by Gasteiger charge is -2.15. The lowest BCUT2D eigenvalue weighted by molar-refractivity contribution is 0.0968. The molecule has 0 aliphatic carbocycles. The second-order valence-electron chi connectivity index (χ2n) is 6.99. The summed E-state index contributed by atoms with van der Waals surface area (Å²) in [4.78, 5) is 26.7. The quantitative estimate of drug-likeness (QED) is 0.642. The fourth-order valence-electron chi connectivity index (χ4n) is 3.75. The van der Waals surface area contributed by atoms with Crippen LogP contribution in [0.3, 0.4) is 0 Å². The van der Waals surface area contributed by atoms with Gasteiger partial charge in [-0.1, -0.05) is 30.3 Å². The molecule has 3 aromatic rings. The Labute approximate surface area is 156 Å². The molecule has 1 fully saturated rings. The van der Waals surface area contributed by atoms with Crippen LogP contribution in [0.5, 0.6) is 0 Å². The van der Waals surface area contributed by atoms with E-state index in [2.05, 4.69) is 17.0 Å². The van der Waals surface area contributed by atoms with Crippen LogP contribution in [0.15, 0.2) is 64.0 Å². The number of ketones is 1. The molecule has 0 amide bonds. The lowest BCUT2D eigenvalue weighted by atomic mass is 9.99. The molecule has 27 heavy (non-hydrogen) atoms. The number of carbonyl (C=O) groups excluding carboxylic acids is 1. The average Bonchev–Trinajstić information content (AvgIpc) is 3.16. The molecule has 0 radical (unpaired) electrons. The van der Waals surface area contributed by atoms with Crippen LogP contribution in [0, 0.1) is 5.82 Å². The molecule has 1 atom stereocenters. The van der Waals surface area contributed by atoms with Gasteiger partial charge in [-0.25, -0.2) is 4.39 Å². The van der Waals surface area contributed by atoms with Crippen molar-refractivity contribution in [2.24, 2.45) is 0 Å². The first-order chi connectivity index (χ1) is 13.1. The van der Waals surface area contributed by atoms with Crippen molar-refractivity contribution in [2.45, 2.75) is 18.8 Å². The first kappa shape index (κ1) is 17.6. The Hall–Kier alpha value is -2.79. The summed E-state index contributed by atoms with van der Waals surface area (Å²) >= 11 is 0. The van der Waals surface area contributed by atoms with E-state index in [0.29, 0.717) is 18.9 Å². The third kappa shape index (κ3) is 3.69. The molecule has 5 heteroatoms. The van der Waals surface area contributed by atoms with Crippen LogP contribution in [0.2, 0.25) is 0 Å². The van der Waals surface area contributed by atoms with Crippen molar-refractivity contribution in [3.63, 3.8) is 0 Å². The summed E-state index contributed by atoms with van der Waals surface area (Å²) in [5.41, 5.74) is 1.09. The van der Waals surface area contributed by atoms with Gasteiger partial charge in [-0.3, -0.25) is 9.59 Å². The summed E-state index contributed by atoms with van der Waals surface area (Å²) in [6.45, 7) is 2.50. The van der Waals surface area contributed by atoms with Gasteiger partial charge in [0.25, 0.3) is 0 Å². The van der Waals surface area contributed by atoms with Crippen LogP contribution in [-0.2, 0) is 0 Å². The number of nitrogens with zero attached hydrogens (tertiary/aromatic N) is 1. The molecular weight excluding hydrogens is 345 g/mol. The summed E-state index contributed by atoms with van der Waals surface area (Å²) < 4.78 is 19.2. The van der Waals surface area contributed by atoms with Crippen LogP contribution in [0.4, 0.5) is 4.39 Å². The zero-order chi connectivity index (χ0) is 18.8. The van der Waals surface area contributed by atoms with Gasteiger partial charge in [0, 0.05) is 31.1 Å². The zero-order valence-electron chi connectivity index (χ0n) is 14.9. The highest BCUT2D eigenvalue weighted by atomic mass is 19.1. The van der Waals surface area contributed by atoms with Gasteiger partial charge in [-0.05, 0) is 36.6 Å². The minimum Gasteiger partial charge on any atom is -0.461 e. The van der Waals surface area contributed by atoms with E-state index in [0.717, 1.165) is 31.8 Å². The number of hydrogen-bond donors (Lipinski definition) is 0. The fraction of sp³-hybridized carbons (Fsp3) is 0.273. The second kappa shape index (κ2) is 7.45. The molecular formula is C22H20FNO3. The SMILES string of the molecule is O=C(CCN1CCC(c2ccccc2)C1)c1cc(F)c2occc(=O)c2c1. The summed E-state index contributed by atoms with van der Waals surface area (Å²) in [5, 5.41) is 0.103.